The van der Waals surface area contributed by atoms with E-state index in [0.717, 1.165) is 10.2 Å². The van der Waals surface area contributed by atoms with Gasteiger partial charge in [-0.1, -0.05) is 0 Å². The third kappa shape index (κ3) is 2.90. The number of hydrogen-bond donors (Lipinski definition) is 0. The maximum absolute atomic E-state index is 12.0. The van der Waals surface area contributed by atoms with E-state index < -0.39 is 12.0 Å². The monoisotopic (exact) mass is 316 g/mol. The summed E-state index contributed by atoms with van der Waals surface area (Å²) in [5.74, 6) is 0.799. The molecule has 0 saturated heterocycles. The minimum Gasteiger partial charge on any atom is -0.464 e. The van der Waals surface area contributed by atoms with Gasteiger partial charge >= 0.3 is 5.97 Å². The Kier molecular flexibility index (Phi) is 4.01. The Bertz CT molecular complexity index is 799. The van der Waals surface area contributed by atoms with Crippen LogP contribution < -0.4 is 15.0 Å². The molecule has 1 aliphatic rings. The Balaban J connectivity index is 1.97. The molecule has 0 radical (unpaired) electrons. The van der Waals surface area contributed by atoms with Gasteiger partial charge in [-0.2, -0.15) is 5.10 Å². The van der Waals surface area contributed by atoms with E-state index in [1.165, 1.54) is 6.07 Å². The summed E-state index contributed by atoms with van der Waals surface area (Å²) in [6.07, 6.45) is 0. The van der Waals surface area contributed by atoms with Gasteiger partial charge in [0.1, 0.15) is 0 Å². The zero-order valence-corrected chi connectivity index (χ0v) is 12.8. The lowest BCUT2D eigenvalue weighted by Crippen LogP contribution is -2.31. The molecular formula is C16H16N2O5. The summed E-state index contributed by atoms with van der Waals surface area (Å²) in [5, 5.41) is 4.28. The first-order valence-electron chi connectivity index (χ1n) is 7.26. The molecule has 7 nitrogen and oxygen atoms in total. The Morgan fingerprint density at radius 3 is 2.87 bits per heavy atom. The Morgan fingerprint density at radius 2 is 2.09 bits per heavy atom. The summed E-state index contributed by atoms with van der Waals surface area (Å²) in [6.45, 7) is 3.73. The third-order valence-electron chi connectivity index (χ3n) is 3.49. The van der Waals surface area contributed by atoms with E-state index in [9.17, 15) is 9.59 Å². The number of benzene rings is 1. The standard InChI is InChI=1S/C16H16N2O5/c1-3-21-16(20)10(2)18-15(19)7-5-12(17-18)11-4-6-13-14(8-11)23-9-22-13/h4-8,10H,3,9H2,1-2H3/t10-/m0/s1. The fraction of sp³-hybridized carbons (Fsp3) is 0.312. The van der Waals surface area contributed by atoms with E-state index in [-0.39, 0.29) is 19.0 Å². The Morgan fingerprint density at radius 1 is 1.30 bits per heavy atom. The SMILES string of the molecule is CCOC(=O)[C@H](C)n1nc(-c2ccc3c(c2)OCO3)ccc1=O. The van der Waals surface area contributed by atoms with Gasteiger partial charge in [-0.3, -0.25) is 4.79 Å². The van der Waals surface area contributed by atoms with Gasteiger partial charge in [-0.05, 0) is 38.1 Å². The van der Waals surface area contributed by atoms with Crippen LogP contribution in [0.25, 0.3) is 11.3 Å². The number of hydrogen-bond acceptors (Lipinski definition) is 6. The fourth-order valence-corrected chi connectivity index (χ4v) is 2.28. The van der Waals surface area contributed by atoms with Crippen molar-refractivity contribution in [2.75, 3.05) is 13.4 Å². The van der Waals surface area contributed by atoms with Crippen molar-refractivity contribution in [3.05, 3.63) is 40.7 Å². The molecule has 0 aliphatic carbocycles. The average molecular weight is 316 g/mol. The summed E-state index contributed by atoms with van der Waals surface area (Å²) in [7, 11) is 0. The number of esters is 1. The predicted molar refractivity (Wildman–Crippen MR) is 81.4 cm³/mol. The zero-order chi connectivity index (χ0) is 16.4. The number of carbonyl (C=O) groups excluding carboxylic acids is 1. The van der Waals surface area contributed by atoms with Crippen molar-refractivity contribution in [2.24, 2.45) is 0 Å². The summed E-state index contributed by atoms with van der Waals surface area (Å²) in [5.41, 5.74) is 0.952. The molecule has 120 valence electrons. The van der Waals surface area contributed by atoms with E-state index in [4.69, 9.17) is 14.2 Å². The van der Waals surface area contributed by atoms with Crippen LogP contribution in [-0.2, 0) is 9.53 Å². The highest BCUT2D eigenvalue weighted by atomic mass is 16.7. The summed E-state index contributed by atoms with van der Waals surface area (Å²) in [6, 6.07) is 7.57. The fourth-order valence-electron chi connectivity index (χ4n) is 2.28. The smallest absolute Gasteiger partial charge is 0.330 e. The quantitative estimate of drug-likeness (QED) is 0.800. The van der Waals surface area contributed by atoms with Gasteiger partial charge in [-0.25, -0.2) is 9.48 Å². The summed E-state index contributed by atoms with van der Waals surface area (Å²) in [4.78, 5) is 23.8. The Labute approximate surface area is 132 Å². The van der Waals surface area contributed by atoms with E-state index in [1.807, 2.05) is 6.07 Å². The highest BCUT2D eigenvalue weighted by Crippen LogP contribution is 2.35. The molecule has 0 unspecified atom stereocenters. The van der Waals surface area contributed by atoms with Crippen molar-refractivity contribution in [2.45, 2.75) is 19.9 Å². The average Bonchev–Trinajstić information content (AvgIpc) is 3.02. The van der Waals surface area contributed by atoms with Crippen molar-refractivity contribution < 1.29 is 19.0 Å². The molecule has 1 aromatic heterocycles. The molecule has 1 atom stereocenters. The molecule has 1 aromatic carbocycles. The summed E-state index contributed by atoms with van der Waals surface area (Å²) < 4.78 is 16.7. The molecule has 3 rings (SSSR count). The normalized spacial score (nSPS) is 13.7. The molecule has 2 aromatic rings. The van der Waals surface area contributed by atoms with E-state index >= 15 is 0 Å². The second-order valence-corrected chi connectivity index (χ2v) is 5.00. The van der Waals surface area contributed by atoms with Gasteiger partial charge in [0, 0.05) is 11.6 Å². The van der Waals surface area contributed by atoms with Crippen molar-refractivity contribution in [1.82, 2.24) is 9.78 Å². The van der Waals surface area contributed by atoms with Gasteiger partial charge in [-0.15, -0.1) is 0 Å². The number of ether oxygens (including phenoxy) is 3. The van der Waals surface area contributed by atoms with Gasteiger partial charge < -0.3 is 14.2 Å². The van der Waals surface area contributed by atoms with Gasteiger partial charge in [0.05, 0.1) is 12.3 Å². The van der Waals surface area contributed by atoms with E-state index in [0.29, 0.717) is 17.2 Å². The Hall–Kier alpha value is -2.83. The molecule has 0 saturated carbocycles. The second kappa shape index (κ2) is 6.12. The first-order chi connectivity index (χ1) is 11.1. The first-order valence-corrected chi connectivity index (χ1v) is 7.26. The van der Waals surface area contributed by atoms with Crippen LogP contribution in [0.4, 0.5) is 0 Å². The van der Waals surface area contributed by atoms with E-state index in [2.05, 4.69) is 5.10 Å². The molecule has 0 bridgehead atoms. The number of carbonyl (C=O) groups is 1. The maximum Gasteiger partial charge on any atom is 0.330 e. The van der Waals surface area contributed by atoms with Crippen LogP contribution in [0.2, 0.25) is 0 Å². The van der Waals surface area contributed by atoms with Crippen molar-refractivity contribution >= 4 is 5.97 Å². The second-order valence-electron chi connectivity index (χ2n) is 5.00. The molecule has 0 fully saturated rings. The highest BCUT2D eigenvalue weighted by Gasteiger charge is 2.20. The third-order valence-corrected chi connectivity index (χ3v) is 3.49. The molecule has 23 heavy (non-hydrogen) atoms. The van der Waals surface area contributed by atoms with Crippen LogP contribution in [0.5, 0.6) is 11.5 Å². The highest BCUT2D eigenvalue weighted by molar-refractivity contribution is 5.73. The number of nitrogens with zero attached hydrogens (tertiary/aromatic N) is 2. The minimum absolute atomic E-state index is 0.186. The van der Waals surface area contributed by atoms with Gasteiger partial charge in [0.15, 0.2) is 17.5 Å². The van der Waals surface area contributed by atoms with Crippen molar-refractivity contribution in [3.8, 4) is 22.8 Å². The van der Waals surface area contributed by atoms with Gasteiger partial charge in [0.2, 0.25) is 6.79 Å². The predicted octanol–water partition coefficient (Wildman–Crippen LogP) is 1.76. The lowest BCUT2D eigenvalue weighted by atomic mass is 10.1. The minimum atomic E-state index is -0.795. The summed E-state index contributed by atoms with van der Waals surface area (Å²) >= 11 is 0. The van der Waals surface area contributed by atoms with Crippen molar-refractivity contribution in [1.29, 1.82) is 0 Å². The van der Waals surface area contributed by atoms with Gasteiger partial charge in [0.25, 0.3) is 5.56 Å². The molecule has 0 amide bonds. The zero-order valence-electron chi connectivity index (χ0n) is 12.8. The molecule has 7 heteroatoms. The van der Waals surface area contributed by atoms with Crippen LogP contribution in [-0.4, -0.2) is 29.1 Å². The van der Waals surface area contributed by atoms with Crippen molar-refractivity contribution in [3.63, 3.8) is 0 Å². The number of rotatable bonds is 4. The lowest BCUT2D eigenvalue weighted by molar-refractivity contribution is -0.147. The number of aromatic nitrogens is 2. The van der Waals surface area contributed by atoms with Crippen LogP contribution in [0, 0.1) is 0 Å². The van der Waals surface area contributed by atoms with Crippen LogP contribution in [0.15, 0.2) is 35.1 Å². The molecule has 0 spiro atoms. The molecule has 2 heterocycles. The van der Waals surface area contributed by atoms with Crippen LogP contribution in [0.3, 0.4) is 0 Å². The maximum atomic E-state index is 12.0. The lowest BCUT2D eigenvalue weighted by Gasteiger charge is -2.13. The molecular weight excluding hydrogens is 300 g/mol. The largest absolute Gasteiger partial charge is 0.464 e. The molecule has 0 N–H and O–H groups in total. The molecule has 1 aliphatic heterocycles. The first kappa shape index (κ1) is 15.1. The van der Waals surface area contributed by atoms with Crippen LogP contribution in [0.1, 0.15) is 19.9 Å². The van der Waals surface area contributed by atoms with E-state index in [1.54, 1.807) is 32.0 Å². The topological polar surface area (TPSA) is 79.7 Å². The number of fused-ring (bicyclic) bond motifs is 1. The van der Waals surface area contributed by atoms with Crippen LogP contribution >= 0.6 is 0 Å².